The molecule has 0 fully saturated rings. The molecule has 2 rings (SSSR count). The summed E-state index contributed by atoms with van der Waals surface area (Å²) in [4.78, 5) is 16.7. The van der Waals surface area contributed by atoms with E-state index in [1.807, 2.05) is 33.9 Å². The standard InChI is InChI=1S/C14H17N3O/c1-10-8-16-17(9-10)13-11(6-5-7-15-13)12(18)14(2,3)4/h5-9H,1-4H3. The van der Waals surface area contributed by atoms with Crippen LogP contribution in [0.4, 0.5) is 0 Å². The molecule has 0 aromatic carbocycles. The first-order valence-electron chi connectivity index (χ1n) is 5.91. The Kier molecular flexibility index (Phi) is 3.03. The molecule has 0 bridgehead atoms. The van der Waals surface area contributed by atoms with Gasteiger partial charge in [0.25, 0.3) is 0 Å². The normalized spacial score (nSPS) is 11.6. The molecule has 0 aliphatic rings. The lowest BCUT2D eigenvalue weighted by Crippen LogP contribution is -2.22. The zero-order chi connectivity index (χ0) is 13.3. The number of rotatable bonds is 2. The summed E-state index contributed by atoms with van der Waals surface area (Å²) < 4.78 is 1.65. The van der Waals surface area contributed by atoms with Crippen LogP contribution in [0.1, 0.15) is 36.7 Å². The van der Waals surface area contributed by atoms with E-state index in [9.17, 15) is 4.79 Å². The fourth-order valence-electron chi connectivity index (χ4n) is 1.69. The first-order chi connectivity index (χ1) is 8.39. The number of ketones is 1. The van der Waals surface area contributed by atoms with E-state index in [4.69, 9.17) is 0 Å². The van der Waals surface area contributed by atoms with Crippen molar-refractivity contribution < 1.29 is 4.79 Å². The van der Waals surface area contributed by atoms with Crippen molar-refractivity contribution in [1.29, 1.82) is 0 Å². The first-order valence-corrected chi connectivity index (χ1v) is 5.91. The van der Waals surface area contributed by atoms with Crippen molar-refractivity contribution in [2.45, 2.75) is 27.7 Å². The number of aromatic nitrogens is 3. The lowest BCUT2D eigenvalue weighted by Gasteiger charge is -2.18. The Labute approximate surface area is 107 Å². The summed E-state index contributed by atoms with van der Waals surface area (Å²) >= 11 is 0. The second kappa shape index (κ2) is 4.37. The van der Waals surface area contributed by atoms with Crippen LogP contribution in [0.15, 0.2) is 30.7 Å². The van der Waals surface area contributed by atoms with Crippen LogP contribution in [-0.2, 0) is 0 Å². The minimum Gasteiger partial charge on any atom is -0.293 e. The molecule has 18 heavy (non-hydrogen) atoms. The molecule has 0 spiro atoms. The quantitative estimate of drug-likeness (QED) is 0.762. The van der Waals surface area contributed by atoms with Crippen LogP contribution < -0.4 is 0 Å². The van der Waals surface area contributed by atoms with Gasteiger partial charge in [-0.1, -0.05) is 20.8 Å². The van der Waals surface area contributed by atoms with Gasteiger partial charge in [0, 0.05) is 17.8 Å². The third-order valence-corrected chi connectivity index (χ3v) is 2.64. The maximum Gasteiger partial charge on any atom is 0.171 e. The molecular weight excluding hydrogens is 226 g/mol. The summed E-state index contributed by atoms with van der Waals surface area (Å²) in [5, 5.41) is 4.21. The van der Waals surface area contributed by atoms with Crippen molar-refractivity contribution in [3.05, 3.63) is 41.9 Å². The van der Waals surface area contributed by atoms with Crippen LogP contribution in [0.5, 0.6) is 0 Å². The summed E-state index contributed by atoms with van der Waals surface area (Å²) in [6.45, 7) is 7.67. The molecule has 4 nitrogen and oxygen atoms in total. The molecule has 0 unspecified atom stereocenters. The largest absolute Gasteiger partial charge is 0.293 e. The highest BCUT2D eigenvalue weighted by Gasteiger charge is 2.26. The first kappa shape index (κ1) is 12.5. The number of carbonyl (C=O) groups is 1. The van der Waals surface area contributed by atoms with Gasteiger partial charge in [0.15, 0.2) is 11.6 Å². The highest BCUT2D eigenvalue weighted by Crippen LogP contribution is 2.23. The van der Waals surface area contributed by atoms with Gasteiger partial charge in [-0.3, -0.25) is 4.79 Å². The minimum atomic E-state index is -0.431. The van der Waals surface area contributed by atoms with E-state index in [0.29, 0.717) is 11.4 Å². The molecule has 2 heterocycles. The molecular formula is C14H17N3O. The predicted octanol–water partition coefficient (Wildman–Crippen LogP) is 2.80. The SMILES string of the molecule is Cc1cnn(-c2ncccc2C(=O)C(C)(C)C)c1. The summed E-state index contributed by atoms with van der Waals surface area (Å²) in [6.07, 6.45) is 5.29. The minimum absolute atomic E-state index is 0.0683. The molecule has 0 saturated carbocycles. The monoisotopic (exact) mass is 243 g/mol. The van der Waals surface area contributed by atoms with Crippen molar-refractivity contribution in [1.82, 2.24) is 14.8 Å². The number of carbonyl (C=O) groups excluding carboxylic acids is 1. The Morgan fingerprint density at radius 3 is 2.61 bits per heavy atom. The molecule has 0 N–H and O–H groups in total. The summed E-state index contributed by atoms with van der Waals surface area (Å²) in [5.41, 5.74) is 1.21. The third-order valence-electron chi connectivity index (χ3n) is 2.64. The number of hydrogen-bond acceptors (Lipinski definition) is 3. The molecule has 0 aliphatic heterocycles. The highest BCUT2D eigenvalue weighted by molar-refractivity contribution is 6.02. The molecule has 2 aromatic rings. The number of aryl methyl sites for hydroxylation is 1. The molecule has 0 aliphatic carbocycles. The van der Waals surface area contributed by atoms with Crippen LogP contribution in [0.25, 0.3) is 5.82 Å². The zero-order valence-corrected chi connectivity index (χ0v) is 11.1. The van der Waals surface area contributed by atoms with Crippen LogP contribution >= 0.6 is 0 Å². The fraction of sp³-hybridized carbons (Fsp3) is 0.357. The fourth-order valence-corrected chi connectivity index (χ4v) is 1.69. The number of pyridine rings is 1. The van der Waals surface area contributed by atoms with Gasteiger partial charge in [-0.05, 0) is 24.6 Å². The molecule has 0 radical (unpaired) electrons. The molecule has 0 saturated heterocycles. The zero-order valence-electron chi connectivity index (χ0n) is 11.1. The Morgan fingerprint density at radius 2 is 2.06 bits per heavy atom. The number of Topliss-reactive ketones (excluding diaryl/α,β-unsaturated/α-hetero) is 1. The van der Waals surface area contributed by atoms with Gasteiger partial charge in [0.1, 0.15) is 0 Å². The van der Waals surface area contributed by atoms with Gasteiger partial charge < -0.3 is 0 Å². The number of hydrogen-bond donors (Lipinski definition) is 0. The van der Waals surface area contributed by atoms with Gasteiger partial charge in [0.05, 0.1) is 11.8 Å². The van der Waals surface area contributed by atoms with Gasteiger partial charge in [-0.2, -0.15) is 5.10 Å². The summed E-state index contributed by atoms with van der Waals surface area (Å²) in [5.74, 6) is 0.657. The maximum atomic E-state index is 12.4. The Morgan fingerprint density at radius 1 is 1.33 bits per heavy atom. The van der Waals surface area contributed by atoms with Crippen LogP contribution in [0.3, 0.4) is 0 Å². The molecule has 4 heteroatoms. The molecule has 2 aromatic heterocycles. The highest BCUT2D eigenvalue weighted by atomic mass is 16.1. The predicted molar refractivity (Wildman–Crippen MR) is 69.9 cm³/mol. The molecule has 0 amide bonds. The van der Waals surface area contributed by atoms with Crippen LogP contribution in [0, 0.1) is 12.3 Å². The third kappa shape index (κ3) is 2.32. The number of nitrogens with zero attached hydrogens (tertiary/aromatic N) is 3. The van der Waals surface area contributed by atoms with Gasteiger partial charge in [0.2, 0.25) is 0 Å². The lowest BCUT2D eigenvalue weighted by atomic mass is 9.87. The van der Waals surface area contributed by atoms with E-state index < -0.39 is 5.41 Å². The summed E-state index contributed by atoms with van der Waals surface area (Å²) in [6, 6.07) is 3.58. The molecule has 94 valence electrons. The summed E-state index contributed by atoms with van der Waals surface area (Å²) in [7, 11) is 0. The van der Waals surface area contributed by atoms with E-state index >= 15 is 0 Å². The van der Waals surface area contributed by atoms with Crippen LogP contribution in [-0.4, -0.2) is 20.5 Å². The van der Waals surface area contributed by atoms with Crippen LogP contribution in [0.2, 0.25) is 0 Å². The Bertz CT molecular complexity index is 579. The van der Waals surface area contributed by atoms with Crippen molar-refractivity contribution >= 4 is 5.78 Å². The van der Waals surface area contributed by atoms with Gasteiger partial charge in [-0.15, -0.1) is 0 Å². The topological polar surface area (TPSA) is 47.8 Å². The van der Waals surface area contributed by atoms with Crippen molar-refractivity contribution in [3.8, 4) is 5.82 Å². The van der Waals surface area contributed by atoms with E-state index in [1.165, 1.54) is 0 Å². The van der Waals surface area contributed by atoms with E-state index in [-0.39, 0.29) is 5.78 Å². The molecule has 0 atom stereocenters. The smallest absolute Gasteiger partial charge is 0.171 e. The Balaban J connectivity index is 2.53. The maximum absolute atomic E-state index is 12.4. The van der Waals surface area contributed by atoms with Crippen molar-refractivity contribution in [3.63, 3.8) is 0 Å². The van der Waals surface area contributed by atoms with Gasteiger partial charge >= 0.3 is 0 Å². The average Bonchev–Trinajstić information content (AvgIpc) is 2.73. The van der Waals surface area contributed by atoms with Crippen molar-refractivity contribution in [2.24, 2.45) is 5.41 Å². The Hall–Kier alpha value is -1.97. The van der Waals surface area contributed by atoms with Gasteiger partial charge in [-0.25, -0.2) is 9.67 Å². The second-order valence-electron chi connectivity index (χ2n) is 5.42. The van der Waals surface area contributed by atoms with E-state index in [0.717, 1.165) is 5.56 Å². The van der Waals surface area contributed by atoms with E-state index in [2.05, 4.69) is 10.1 Å². The second-order valence-corrected chi connectivity index (χ2v) is 5.42. The van der Waals surface area contributed by atoms with E-state index in [1.54, 1.807) is 29.2 Å². The average molecular weight is 243 g/mol. The lowest BCUT2D eigenvalue weighted by molar-refractivity contribution is 0.0858. The van der Waals surface area contributed by atoms with Crippen molar-refractivity contribution in [2.75, 3.05) is 0 Å².